The molecule has 1 atom stereocenters. The Labute approximate surface area is 112 Å². The van der Waals surface area contributed by atoms with Gasteiger partial charge in [0.15, 0.2) is 0 Å². The number of hydrogen-bond donors (Lipinski definition) is 2. The topological polar surface area (TPSA) is 41.1 Å². The number of hydrogen-bond acceptors (Lipinski definition) is 2. The average Bonchev–Trinajstić information content (AvgIpc) is 2.38. The van der Waals surface area contributed by atoms with E-state index in [0.717, 1.165) is 44.8 Å². The summed E-state index contributed by atoms with van der Waals surface area (Å²) in [4.78, 5) is 11.8. The zero-order valence-electron chi connectivity index (χ0n) is 12.1. The van der Waals surface area contributed by atoms with Crippen LogP contribution in [-0.2, 0) is 4.79 Å². The number of nitrogens with one attached hydrogen (secondary N) is 2. The van der Waals surface area contributed by atoms with E-state index >= 15 is 0 Å². The van der Waals surface area contributed by atoms with Crippen molar-refractivity contribution in [2.24, 2.45) is 11.8 Å². The Morgan fingerprint density at radius 1 is 1.28 bits per heavy atom. The molecule has 0 radical (unpaired) electrons. The number of carbonyl (C=O) groups excluding carboxylic acids is 1. The highest BCUT2D eigenvalue weighted by Crippen LogP contribution is 2.11. The van der Waals surface area contributed by atoms with Gasteiger partial charge in [0.05, 0.1) is 5.92 Å². The minimum Gasteiger partial charge on any atom is -0.356 e. The van der Waals surface area contributed by atoms with Crippen LogP contribution in [0.25, 0.3) is 0 Å². The lowest BCUT2D eigenvalue weighted by Crippen LogP contribution is -2.40. The molecule has 3 heteroatoms. The fraction of sp³-hybridized carbons (Fsp3) is 0.933. The van der Waals surface area contributed by atoms with Gasteiger partial charge in [-0.25, -0.2) is 0 Å². The average molecular weight is 254 g/mol. The molecule has 1 aliphatic heterocycles. The molecule has 0 aromatic carbocycles. The van der Waals surface area contributed by atoms with E-state index in [1.165, 1.54) is 25.7 Å². The molecule has 0 aromatic rings. The first-order chi connectivity index (χ1) is 8.70. The zero-order valence-corrected chi connectivity index (χ0v) is 12.1. The molecule has 0 spiro atoms. The summed E-state index contributed by atoms with van der Waals surface area (Å²) in [5, 5.41) is 6.36. The van der Waals surface area contributed by atoms with Crippen molar-refractivity contribution in [1.29, 1.82) is 0 Å². The number of amides is 1. The Kier molecular flexibility index (Phi) is 8.06. The Morgan fingerprint density at radius 2 is 2.06 bits per heavy atom. The molecule has 3 nitrogen and oxygen atoms in total. The smallest absolute Gasteiger partial charge is 0.224 e. The Morgan fingerprint density at radius 3 is 2.72 bits per heavy atom. The van der Waals surface area contributed by atoms with Crippen LogP contribution in [0.2, 0.25) is 0 Å². The molecule has 2 N–H and O–H groups in total. The molecule has 1 amide bonds. The highest BCUT2D eigenvalue weighted by atomic mass is 16.1. The van der Waals surface area contributed by atoms with Gasteiger partial charge in [-0.1, -0.05) is 39.5 Å². The third-order valence-corrected chi connectivity index (χ3v) is 3.68. The predicted molar refractivity (Wildman–Crippen MR) is 76.5 cm³/mol. The quantitative estimate of drug-likeness (QED) is 0.654. The third kappa shape index (κ3) is 7.00. The highest BCUT2D eigenvalue weighted by molar-refractivity contribution is 5.78. The maximum Gasteiger partial charge on any atom is 0.224 e. The zero-order chi connectivity index (χ0) is 13.2. The second kappa shape index (κ2) is 9.37. The van der Waals surface area contributed by atoms with Crippen LogP contribution in [0.5, 0.6) is 0 Å². The predicted octanol–water partition coefficient (Wildman–Crippen LogP) is 2.71. The van der Waals surface area contributed by atoms with Crippen molar-refractivity contribution in [1.82, 2.24) is 10.6 Å². The van der Waals surface area contributed by atoms with Crippen LogP contribution in [0.1, 0.15) is 58.8 Å². The summed E-state index contributed by atoms with van der Waals surface area (Å²) in [7, 11) is 0. The van der Waals surface area contributed by atoms with Crippen molar-refractivity contribution < 1.29 is 4.79 Å². The van der Waals surface area contributed by atoms with E-state index in [1.807, 2.05) is 0 Å². The van der Waals surface area contributed by atoms with E-state index in [9.17, 15) is 4.79 Å². The molecule has 1 fully saturated rings. The van der Waals surface area contributed by atoms with E-state index in [1.54, 1.807) is 0 Å². The van der Waals surface area contributed by atoms with Crippen molar-refractivity contribution in [2.75, 3.05) is 19.6 Å². The van der Waals surface area contributed by atoms with Crippen LogP contribution in [0.4, 0.5) is 0 Å². The van der Waals surface area contributed by atoms with Crippen LogP contribution in [0, 0.1) is 11.8 Å². The summed E-state index contributed by atoms with van der Waals surface area (Å²) in [6.45, 7) is 7.34. The lowest BCUT2D eigenvalue weighted by atomic mass is 9.99. The fourth-order valence-electron chi connectivity index (χ4n) is 2.46. The van der Waals surface area contributed by atoms with Gasteiger partial charge in [0, 0.05) is 13.1 Å². The van der Waals surface area contributed by atoms with Gasteiger partial charge in [0.2, 0.25) is 5.91 Å². The van der Waals surface area contributed by atoms with Gasteiger partial charge in [0.1, 0.15) is 0 Å². The van der Waals surface area contributed by atoms with Gasteiger partial charge in [-0.05, 0) is 31.7 Å². The second-order valence-electron chi connectivity index (χ2n) is 5.93. The van der Waals surface area contributed by atoms with Gasteiger partial charge >= 0.3 is 0 Å². The number of rotatable bonds is 8. The number of unbranched alkanes of at least 4 members (excludes halogenated alkanes) is 3. The normalized spacial score (nSPS) is 20.1. The lowest BCUT2D eigenvalue weighted by molar-refractivity contribution is -0.125. The molecule has 0 bridgehead atoms. The van der Waals surface area contributed by atoms with Crippen LogP contribution in [0.15, 0.2) is 0 Å². The summed E-state index contributed by atoms with van der Waals surface area (Å²) < 4.78 is 0. The first kappa shape index (κ1) is 15.5. The van der Waals surface area contributed by atoms with Crippen molar-refractivity contribution in [3.63, 3.8) is 0 Å². The Balaban J connectivity index is 1.92. The first-order valence-electron chi connectivity index (χ1n) is 7.68. The molecule has 0 aliphatic carbocycles. The molecule has 0 saturated carbocycles. The van der Waals surface area contributed by atoms with Crippen LogP contribution in [0.3, 0.4) is 0 Å². The summed E-state index contributed by atoms with van der Waals surface area (Å²) in [6.07, 6.45) is 8.53. The summed E-state index contributed by atoms with van der Waals surface area (Å²) in [5.41, 5.74) is 0. The van der Waals surface area contributed by atoms with Gasteiger partial charge in [-0.2, -0.15) is 0 Å². The molecule has 1 saturated heterocycles. The van der Waals surface area contributed by atoms with Gasteiger partial charge in [-0.3, -0.25) is 4.79 Å². The minimum atomic E-state index is 0.208. The Hall–Kier alpha value is -0.570. The largest absolute Gasteiger partial charge is 0.356 e. The van der Waals surface area contributed by atoms with E-state index in [0.29, 0.717) is 0 Å². The summed E-state index contributed by atoms with van der Waals surface area (Å²) in [5.74, 6) is 1.28. The summed E-state index contributed by atoms with van der Waals surface area (Å²) >= 11 is 0. The van der Waals surface area contributed by atoms with Gasteiger partial charge in [-0.15, -0.1) is 0 Å². The van der Waals surface area contributed by atoms with Crippen molar-refractivity contribution in [3.8, 4) is 0 Å². The minimum absolute atomic E-state index is 0.208. The van der Waals surface area contributed by atoms with Gasteiger partial charge in [0.25, 0.3) is 0 Å². The van der Waals surface area contributed by atoms with Crippen molar-refractivity contribution in [2.45, 2.75) is 58.8 Å². The number of piperidine rings is 1. The molecule has 0 aromatic heterocycles. The molecule has 0 unspecified atom stereocenters. The molecule has 106 valence electrons. The van der Waals surface area contributed by atoms with E-state index in [4.69, 9.17) is 0 Å². The second-order valence-corrected chi connectivity index (χ2v) is 5.93. The monoisotopic (exact) mass is 254 g/mol. The van der Waals surface area contributed by atoms with Crippen LogP contribution >= 0.6 is 0 Å². The molecular formula is C15H30N2O. The molecule has 1 heterocycles. The molecular weight excluding hydrogens is 224 g/mol. The van der Waals surface area contributed by atoms with Gasteiger partial charge < -0.3 is 10.6 Å². The van der Waals surface area contributed by atoms with Crippen LogP contribution < -0.4 is 10.6 Å². The standard InChI is InChI=1S/C15H30N2O/c1-13(2)8-5-3-4-6-11-17-15(18)14-9-7-10-16-12-14/h13-14,16H,3-12H2,1-2H3,(H,17,18)/t14-/m1/s1. The van der Waals surface area contributed by atoms with Crippen molar-refractivity contribution in [3.05, 3.63) is 0 Å². The van der Waals surface area contributed by atoms with E-state index < -0.39 is 0 Å². The lowest BCUT2D eigenvalue weighted by Gasteiger charge is -2.21. The maximum absolute atomic E-state index is 11.8. The summed E-state index contributed by atoms with van der Waals surface area (Å²) in [6, 6.07) is 0. The van der Waals surface area contributed by atoms with E-state index in [2.05, 4.69) is 24.5 Å². The fourth-order valence-corrected chi connectivity index (χ4v) is 2.46. The highest BCUT2D eigenvalue weighted by Gasteiger charge is 2.19. The number of carbonyl (C=O) groups is 1. The van der Waals surface area contributed by atoms with E-state index in [-0.39, 0.29) is 11.8 Å². The van der Waals surface area contributed by atoms with Crippen LogP contribution in [-0.4, -0.2) is 25.5 Å². The molecule has 1 rings (SSSR count). The SMILES string of the molecule is CC(C)CCCCCCNC(=O)[C@@H]1CCCNC1. The maximum atomic E-state index is 11.8. The molecule has 1 aliphatic rings. The third-order valence-electron chi connectivity index (χ3n) is 3.68. The Bertz CT molecular complexity index is 223. The van der Waals surface area contributed by atoms with Crippen molar-refractivity contribution >= 4 is 5.91 Å². The first-order valence-corrected chi connectivity index (χ1v) is 7.68. The molecule has 18 heavy (non-hydrogen) atoms.